The molecule has 0 radical (unpaired) electrons. The normalized spacial score (nSPS) is 15.3. The minimum atomic E-state index is -0.128. The Balaban J connectivity index is 1.90. The Morgan fingerprint density at radius 2 is 1.91 bits per heavy atom. The average molecular weight is 307 g/mol. The first-order chi connectivity index (χ1) is 10.6. The number of carbonyl (C=O) groups is 1. The van der Waals surface area contributed by atoms with Crippen molar-refractivity contribution in [3.05, 3.63) is 23.8 Å². The van der Waals surface area contributed by atoms with Gasteiger partial charge in [-0.15, -0.1) is 0 Å². The molecule has 1 amide bonds. The van der Waals surface area contributed by atoms with E-state index in [1.165, 1.54) is 0 Å². The molecule has 22 heavy (non-hydrogen) atoms. The summed E-state index contributed by atoms with van der Waals surface area (Å²) in [6.45, 7) is 8.59. The van der Waals surface area contributed by atoms with Gasteiger partial charge < -0.3 is 19.5 Å². The number of amides is 1. The van der Waals surface area contributed by atoms with Crippen molar-refractivity contribution in [2.75, 3.05) is 26.4 Å². The van der Waals surface area contributed by atoms with E-state index in [4.69, 9.17) is 14.2 Å². The Kier molecular flexibility index (Phi) is 6.07. The summed E-state index contributed by atoms with van der Waals surface area (Å²) in [5, 5.41) is 2.93. The number of fused-ring (bicyclic) bond motifs is 1. The standard InChI is InChI=1S/C17H25NO4/c1-12(2)10-20-11-13(3)18-17(19)14-5-6-15-16(9-14)22-8-4-7-21-15/h5-6,9,12-13H,4,7-8,10-11H2,1-3H3,(H,18,19)/t13-/m0/s1. The van der Waals surface area contributed by atoms with E-state index in [1.54, 1.807) is 18.2 Å². The van der Waals surface area contributed by atoms with Crippen molar-refractivity contribution in [2.24, 2.45) is 5.92 Å². The molecular weight excluding hydrogens is 282 g/mol. The van der Waals surface area contributed by atoms with E-state index in [-0.39, 0.29) is 11.9 Å². The van der Waals surface area contributed by atoms with Crippen LogP contribution in [0.25, 0.3) is 0 Å². The largest absolute Gasteiger partial charge is 0.490 e. The third-order valence-electron chi connectivity index (χ3n) is 3.21. The smallest absolute Gasteiger partial charge is 0.251 e. The quantitative estimate of drug-likeness (QED) is 0.878. The maximum Gasteiger partial charge on any atom is 0.251 e. The zero-order valence-electron chi connectivity index (χ0n) is 13.6. The molecule has 0 fully saturated rings. The summed E-state index contributed by atoms with van der Waals surface area (Å²) in [5.74, 6) is 1.69. The Hall–Kier alpha value is -1.75. The minimum Gasteiger partial charge on any atom is -0.490 e. The third-order valence-corrected chi connectivity index (χ3v) is 3.21. The summed E-state index contributed by atoms with van der Waals surface area (Å²) in [5.41, 5.74) is 0.569. The van der Waals surface area contributed by atoms with Gasteiger partial charge in [0.15, 0.2) is 11.5 Å². The Labute approximate surface area is 131 Å². The molecule has 1 atom stereocenters. The van der Waals surface area contributed by atoms with Crippen LogP contribution >= 0.6 is 0 Å². The fraction of sp³-hybridized carbons (Fsp3) is 0.588. The predicted molar refractivity (Wildman–Crippen MR) is 84.6 cm³/mol. The van der Waals surface area contributed by atoms with Crippen LogP contribution in [0.4, 0.5) is 0 Å². The zero-order chi connectivity index (χ0) is 15.9. The van der Waals surface area contributed by atoms with Gasteiger partial charge in [0.2, 0.25) is 0 Å². The first kappa shape index (κ1) is 16.6. The molecule has 1 aliphatic heterocycles. The number of ether oxygens (including phenoxy) is 3. The van der Waals surface area contributed by atoms with Crippen molar-refractivity contribution < 1.29 is 19.0 Å². The SMILES string of the molecule is CC(C)COC[C@H](C)NC(=O)c1ccc2c(c1)OCCCO2. The molecule has 5 nitrogen and oxygen atoms in total. The molecule has 2 rings (SSSR count). The monoisotopic (exact) mass is 307 g/mol. The summed E-state index contributed by atoms with van der Waals surface area (Å²) >= 11 is 0. The highest BCUT2D eigenvalue weighted by Gasteiger charge is 2.15. The first-order valence-electron chi connectivity index (χ1n) is 7.84. The van der Waals surface area contributed by atoms with Crippen molar-refractivity contribution in [1.29, 1.82) is 0 Å². The third kappa shape index (κ3) is 4.91. The number of rotatable bonds is 6. The summed E-state index contributed by atoms with van der Waals surface area (Å²) in [6.07, 6.45) is 0.848. The van der Waals surface area contributed by atoms with Crippen LogP contribution < -0.4 is 14.8 Å². The number of hydrogen-bond donors (Lipinski definition) is 1. The van der Waals surface area contributed by atoms with Crippen LogP contribution in [0.15, 0.2) is 18.2 Å². The molecule has 0 saturated carbocycles. The first-order valence-corrected chi connectivity index (χ1v) is 7.84. The second-order valence-corrected chi connectivity index (χ2v) is 6.02. The molecule has 0 spiro atoms. The van der Waals surface area contributed by atoms with Gasteiger partial charge in [-0.3, -0.25) is 4.79 Å². The van der Waals surface area contributed by atoms with E-state index >= 15 is 0 Å². The summed E-state index contributed by atoms with van der Waals surface area (Å²) in [6, 6.07) is 5.24. The predicted octanol–water partition coefficient (Wildman–Crippen LogP) is 2.64. The molecule has 1 heterocycles. The van der Waals surface area contributed by atoms with Crippen LogP contribution in [0.1, 0.15) is 37.6 Å². The van der Waals surface area contributed by atoms with Crippen molar-refractivity contribution >= 4 is 5.91 Å². The van der Waals surface area contributed by atoms with Crippen molar-refractivity contribution in [2.45, 2.75) is 33.2 Å². The van der Waals surface area contributed by atoms with Crippen LogP contribution in [0.3, 0.4) is 0 Å². The second kappa shape index (κ2) is 8.03. The Morgan fingerprint density at radius 3 is 2.64 bits per heavy atom. The van der Waals surface area contributed by atoms with Gasteiger partial charge in [-0.05, 0) is 31.0 Å². The molecular formula is C17H25NO4. The van der Waals surface area contributed by atoms with Crippen LogP contribution in [-0.4, -0.2) is 38.4 Å². The van der Waals surface area contributed by atoms with Gasteiger partial charge in [-0.2, -0.15) is 0 Å². The summed E-state index contributed by atoms with van der Waals surface area (Å²) in [4.78, 5) is 12.3. The van der Waals surface area contributed by atoms with E-state index in [0.717, 1.165) is 6.42 Å². The molecule has 1 aromatic rings. The maximum atomic E-state index is 12.3. The lowest BCUT2D eigenvalue weighted by atomic mass is 10.1. The highest BCUT2D eigenvalue weighted by molar-refractivity contribution is 5.95. The molecule has 0 saturated heterocycles. The lowest BCUT2D eigenvalue weighted by molar-refractivity contribution is 0.0791. The molecule has 1 aliphatic rings. The highest BCUT2D eigenvalue weighted by Crippen LogP contribution is 2.30. The van der Waals surface area contributed by atoms with Crippen molar-refractivity contribution in [3.63, 3.8) is 0 Å². The molecule has 122 valence electrons. The van der Waals surface area contributed by atoms with E-state index in [2.05, 4.69) is 19.2 Å². The fourth-order valence-corrected chi connectivity index (χ4v) is 2.13. The Morgan fingerprint density at radius 1 is 1.18 bits per heavy atom. The van der Waals surface area contributed by atoms with E-state index in [0.29, 0.717) is 49.4 Å². The molecule has 5 heteroatoms. The van der Waals surface area contributed by atoms with Gasteiger partial charge in [-0.1, -0.05) is 13.8 Å². The average Bonchev–Trinajstić information content (AvgIpc) is 2.71. The molecule has 0 bridgehead atoms. The van der Waals surface area contributed by atoms with E-state index < -0.39 is 0 Å². The lowest BCUT2D eigenvalue weighted by Gasteiger charge is -2.16. The van der Waals surface area contributed by atoms with E-state index in [9.17, 15) is 4.79 Å². The van der Waals surface area contributed by atoms with Crippen LogP contribution in [0, 0.1) is 5.92 Å². The lowest BCUT2D eigenvalue weighted by Crippen LogP contribution is -2.36. The molecule has 0 unspecified atom stereocenters. The van der Waals surface area contributed by atoms with Crippen LogP contribution in [0.2, 0.25) is 0 Å². The van der Waals surface area contributed by atoms with Gasteiger partial charge >= 0.3 is 0 Å². The second-order valence-electron chi connectivity index (χ2n) is 6.02. The number of benzene rings is 1. The maximum absolute atomic E-state index is 12.3. The van der Waals surface area contributed by atoms with Crippen LogP contribution in [0.5, 0.6) is 11.5 Å². The van der Waals surface area contributed by atoms with Gasteiger partial charge in [0.05, 0.1) is 19.8 Å². The minimum absolute atomic E-state index is 0.0396. The topological polar surface area (TPSA) is 56.8 Å². The fourth-order valence-electron chi connectivity index (χ4n) is 2.13. The number of carbonyl (C=O) groups excluding carboxylic acids is 1. The van der Waals surface area contributed by atoms with Gasteiger partial charge in [-0.25, -0.2) is 0 Å². The summed E-state index contributed by atoms with van der Waals surface area (Å²) in [7, 11) is 0. The number of nitrogens with one attached hydrogen (secondary N) is 1. The summed E-state index contributed by atoms with van der Waals surface area (Å²) < 4.78 is 16.7. The zero-order valence-corrected chi connectivity index (χ0v) is 13.6. The van der Waals surface area contributed by atoms with Gasteiger partial charge in [0, 0.05) is 24.6 Å². The van der Waals surface area contributed by atoms with Crippen LogP contribution in [-0.2, 0) is 4.74 Å². The Bertz CT molecular complexity index is 501. The molecule has 1 aromatic carbocycles. The van der Waals surface area contributed by atoms with Crippen molar-refractivity contribution in [1.82, 2.24) is 5.32 Å². The molecule has 0 aromatic heterocycles. The number of hydrogen-bond acceptors (Lipinski definition) is 4. The highest BCUT2D eigenvalue weighted by atomic mass is 16.5. The van der Waals surface area contributed by atoms with Crippen molar-refractivity contribution in [3.8, 4) is 11.5 Å². The van der Waals surface area contributed by atoms with Gasteiger partial charge in [0.1, 0.15) is 0 Å². The molecule has 0 aliphatic carbocycles. The molecule has 1 N–H and O–H groups in total. The van der Waals surface area contributed by atoms with E-state index in [1.807, 2.05) is 6.92 Å². The van der Waals surface area contributed by atoms with Gasteiger partial charge in [0.25, 0.3) is 5.91 Å².